The van der Waals surface area contributed by atoms with Gasteiger partial charge in [-0.05, 0) is 37.7 Å². The molecule has 2 N–H and O–H groups in total. The van der Waals surface area contributed by atoms with Crippen LogP contribution >= 0.6 is 0 Å². The van der Waals surface area contributed by atoms with E-state index in [-0.39, 0.29) is 17.9 Å². The van der Waals surface area contributed by atoms with Crippen molar-refractivity contribution in [3.63, 3.8) is 0 Å². The highest BCUT2D eigenvalue weighted by Crippen LogP contribution is 2.33. The van der Waals surface area contributed by atoms with Gasteiger partial charge in [0, 0.05) is 19.1 Å². The van der Waals surface area contributed by atoms with Gasteiger partial charge >= 0.3 is 0 Å². The minimum Gasteiger partial charge on any atom is -0.392 e. The summed E-state index contributed by atoms with van der Waals surface area (Å²) in [7, 11) is 0. The van der Waals surface area contributed by atoms with Gasteiger partial charge in [0.25, 0.3) is 0 Å². The number of aliphatic hydroxyl groups is 1. The smallest absolute Gasteiger partial charge is 0.225 e. The molecular weight excluding hydrogens is 278 g/mol. The summed E-state index contributed by atoms with van der Waals surface area (Å²) in [4.78, 5) is 12.2. The van der Waals surface area contributed by atoms with E-state index in [2.05, 4.69) is 17.4 Å². The Morgan fingerprint density at radius 2 is 2.00 bits per heavy atom. The van der Waals surface area contributed by atoms with E-state index in [1.807, 2.05) is 18.2 Å². The Kier molecular flexibility index (Phi) is 5.11. The molecule has 1 aliphatic heterocycles. The van der Waals surface area contributed by atoms with Gasteiger partial charge < -0.3 is 15.2 Å². The van der Waals surface area contributed by atoms with E-state index < -0.39 is 6.10 Å². The summed E-state index contributed by atoms with van der Waals surface area (Å²) < 4.78 is 5.95. The van der Waals surface area contributed by atoms with Gasteiger partial charge in [-0.3, -0.25) is 4.79 Å². The molecule has 0 aromatic heterocycles. The third kappa shape index (κ3) is 3.50. The molecule has 4 atom stereocenters. The molecule has 1 saturated carbocycles. The molecule has 1 aromatic carbocycles. The van der Waals surface area contributed by atoms with Gasteiger partial charge in [-0.15, -0.1) is 0 Å². The summed E-state index contributed by atoms with van der Waals surface area (Å²) in [5.74, 6) is 0.0840. The fraction of sp³-hybridized carbons (Fsp3) is 0.611. The van der Waals surface area contributed by atoms with Crippen LogP contribution in [0.15, 0.2) is 30.3 Å². The second-order valence-electron chi connectivity index (χ2n) is 6.45. The first-order valence-corrected chi connectivity index (χ1v) is 8.38. The molecule has 2 aliphatic rings. The maximum absolute atomic E-state index is 12.2. The van der Waals surface area contributed by atoms with Crippen molar-refractivity contribution >= 4 is 5.91 Å². The van der Waals surface area contributed by atoms with Crippen molar-refractivity contribution in [1.82, 2.24) is 5.32 Å². The number of carbonyl (C=O) groups is 1. The first-order valence-electron chi connectivity index (χ1n) is 8.38. The molecule has 2 fully saturated rings. The Bertz CT molecular complexity index is 490. The van der Waals surface area contributed by atoms with Gasteiger partial charge in [0.05, 0.1) is 18.1 Å². The van der Waals surface area contributed by atoms with Crippen LogP contribution in [0.4, 0.5) is 0 Å². The van der Waals surface area contributed by atoms with Crippen molar-refractivity contribution in [2.75, 3.05) is 13.2 Å². The van der Waals surface area contributed by atoms with Gasteiger partial charge in [-0.25, -0.2) is 0 Å². The minimum absolute atomic E-state index is 0.00221. The molecule has 3 rings (SSSR count). The van der Waals surface area contributed by atoms with Crippen LogP contribution < -0.4 is 5.32 Å². The van der Waals surface area contributed by atoms with Gasteiger partial charge in [-0.2, -0.15) is 0 Å². The third-order valence-electron chi connectivity index (χ3n) is 4.93. The number of hydrogen-bond acceptors (Lipinski definition) is 3. The van der Waals surface area contributed by atoms with Crippen LogP contribution in [-0.4, -0.2) is 30.3 Å². The average Bonchev–Trinajstić information content (AvgIpc) is 3.00. The number of benzene rings is 1. The Hall–Kier alpha value is -1.39. The van der Waals surface area contributed by atoms with Crippen LogP contribution in [0.3, 0.4) is 0 Å². The number of carbonyl (C=O) groups excluding carboxylic acids is 1. The van der Waals surface area contributed by atoms with Crippen LogP contribution in [0.2, 0.25) is 0 Å². The van der Waals surface area contributed by atoms with Crippen molar-refractivity contribution in [2.45, 2.75) is 44.3 Å². The van der Waals surface area contributed by atoms with Crippen molar-refractivity contribution in [3.05, 3.63) is 35.9 Å². The highest BCUT2D eigenvalue weighted by molar-refractivity contribution is 5.79. The van der Waals surface area contributed by atoms with Gasteiger partial charge in [0.1, 0.15) is 0 Å². The summed E-state index contributed by atoms with van der Waals surface area (Å²) >= 11 is 0. The second kappa shape index (κ2) is 7.25. The van der Waals surface area contributed by atoms with Crippen LogP contribution in [-0.2, 0) is 9.53 Å². The van der Waals surface area contributed by atoms with E-state index in [4.69, 9.17) is 4.74 Å². The molecule has 0 bridgehead atoms. The molecular formula is C18H25NO3. The lowest BCUT2D eigenvalue weighted by molar-refractivity contribution is -0.128. The number of aliphatic hydroxyl groups excluding tert-OH is 1. The van der Waals surface area contributed by atoms with E-state index in [0.29, 0.717) is 12.5 Å². The molecule has 0 spiro atoms. The monoisotopic (exact) mass is 303 g/mol. The highest BCUT2D eigenvalue weighted by Gasteiger charge is 2.33. The number of nitrogens with one attached hydrogen (secondary N) is 1. The zero-order valence-corrected chi connectivity index (χ0v) is 12.9. The largest absolute Gasteiger partial charge is 0.392 e. The zero-order valence-electron chi connectivity index (χ0n) is 12.9. The molecule has 1 heterocycles. The van der Waals surface area contributed by atoms with E-state index in [1.54, 1.807) is 0 Å². The summed E-state index contributed by atoms with van der Waals surface area (Å²) in [6.07, 6.45) is 4.19. The van der Waals surface area contributed by atoms with Gasteiger partial charge in [-0.1, -0.05) is 30.3 Å². The number of ether oxygens (including phenoxy) is 1. The second-order valence-corrected chi connectivity index (χ2v) is 6.45. The van der Waals surface area contributed by atoms with E-state index in [0.717, 1.165) is 38.7 Å². The Labute approximate surface area is 131 Å². The molecule has 1 aliphatic carbocycles. The van der Waals surface area contributed by atoms with Gasteiger partial charge in [0.2, 0.25) is 5.91 Å². The first kappa shape index (κ1) is 15.5. The Morgan fingerprint density at radius 1 is 1.18 bits per heavy atom. The lowest BCUT2D eigenvalue weighted by Crippen LogP contribution is -2.40. The number of hydrogen-bond donors (Lipinski definition) is 2. The maximum Gasteiger partial charge on any atom is 0.225 e. The minimum atomic E-state index is -0.465. The van der Waals surface area contributed by atoms with Crippen molar-refractivity contribution in [1.29, 1.82) is 0 Å². The van der Waals surface area contributed by atoms with Crippen molar-refractivity contribution in [3.8, 4) is 0 Å². The predicted molar refractivity (Wildman–Crippen MR) is 84.2 cm³/mol. The summed E-state index contributed by atoms with van der Waals surface area (Å²) in [5.41, 5.74) is 1.18. The van der Waals surface area contributed by atoms with Crippen molar-refractivity contribution < 1.29 is 14.6 Å². The van der Waals surface area contributed by atoms with Gasteiger partial charge in [0.15, 0.2) is 0 Å². The molecule has 22 heavy (non-hydrogen) atoms. The number of amides is 1. The third-order valence-corrected chi connectivity index (χ3v) is 4.93. The standard InChI is InChI=1S/C18H25NO3/c20-16-10-4-9-15(16)18(21)19-12-14-8-5-11-22-17(14)13-6-2-1-3-7-13/h1-3,6-7,14-17,20H,4-5,8-12H2,(H,19,21). The van der Waals surface area contributed by atoms with Crippen LogP contribution in [0.1, 0.15) is 43.8 Å². The topological polar surface area (TPSA) is 58.6 Å². The molecule has 1 saturated heterocycles. The first-order chi connectivity index (χ1) is 10.8. The molecule has 0 radical (unpaired) electrons. The Morgan fingerprint density at radius 3 is 2.73 bits per heavy atom. The lowest BCUT2D eigenvalue weighted by Gasteiger charge is -2.32. The Balaban J connectivity index is 1.59. The molecule has 120 valence electrons. The van der Waals surface area contributed by atoms with Crippen molar-refractivity contribution in [2.24, 2.45) is 11.8 Å². The molecule has 1 amide bonds. The lowest BCUT2D eigenvalue weighted by atomic mass is 9.89. The maximum atomic E-state index is 12.2. The highest BCUT2D eigenvalue weighted by atomic mass is 16.5. The predicted octanol–water partition coefficient (Wildman–Crippen LogP) is 2.43. The van der Waals surface area contributed by atoms with Crippen LogP contribution in [0, 0.1) is 11.8 Å². The summed E-state index contributed by atoms with van der Waals surface area (Å²) in [5, 5.41) is 12.9. The van der Waals surface area contributed by atoms with E-state index >= 15 is 0 Å². The fourth-order valence-electron chi connectivity index (χ4n) is 3.67. The molecule has 4 nitrogen and oxygen atoms in total. The molecule has 1 aromatic rings. The number of rotatable bonds is 4. The summed E-state index contributed by atoms with van der Waals surface area (Å²) in [6, 6.07) is 10.2. The molecule has 4 unspecified atom stereocenters. The fourth-order valence-corrected chi connectivity index (χ4v) is 3.67. The average molecular weight is 303 g/mol. The SMILES string of the molecule is O=C(NCC1CCCOC1c1ccccc1)C1CCCC1O. The van der Waals surface area contributed by atoms with Crippen LogP contribution in [0.5, 0.6) is 0 Å². The summed E-state index contributed by atoms with van der Waals surface area (Å²) in [6.45, 7) is 1.41. The van der Waals surface area contributed by atoms with Crippen LogP contribution in [0.25, 0.3) is 0 Å². The quantitative estimate of drug-likeness (QED) is 0.898. The zero-order chi connectivity index (χ0) is 15.4. The van der Waals surface area contributed by atoms with E-state index in [9.17, 15) is 9.90 Å². The van der Waals surface area contributed by atoms with E-state index in [1.165, 1.54) is 5.56 Å². The molecule has 4 heteroatoms. The normalized spacial score (nSPS) is 31.9.